The van der Waals surface area contributed by atoms with Crippen LogP contribution in [0.4, 0.5) is 0 Å². The fourth-order valence-corrected chi connectivity index (χ4v) is 11.2. The summed E-state index contributed by atoms with van der Waals surface area (Å²) in [6.45, 7) is 28.6. The van der Waals surface area contributed by atoms with Gasteiger partial charge in [-0.15, -0.1) is 0 Å². The lowest BCUT2D eigenvalue weighted by Gasteiger charge is -2.58. The zero-order chi connectivity index (χ0) is 36.5. The summed E-state index contributed by atoms with van der Waals surface area (Å²) < 4.78 is 11.2. The molecule has 0 saturated heterocycles. The maximum Gasteiger partial charge on any atom is 0.161 e. The van der Waals surface area contributed by atoms with Gasteiger partial charge in [-0.1, -0.05) is 90.8 Å². The van der Waals surface area contributed by atoms with Crippen molar-refractivity contribution in [1.82, 2.24) is 0 Å². The molecule has 0 radical (unpaired) electrons. The minimum Gasteiger partial charge on any atom is -0.396 e. The molecule has 6 atom stereocenters. The van der Waals surface area contributed by atoms with Crippen molar-refractivity contribution in [2.75, 3.05) is 19.8 Å². The predicted molar refractivity (Wildman–Crippen MR) is 203 cm³/mol. The van der Waals surface area contributed by atoms with Crippen LogP contribution in [0.2, 0.25) is 0 Å². The van der Waals surface area contributed by atoms with Crippen LogP contribution < -0.4 is 0 Å². The first-order valence-electron chi connectivity index (χ1n) is 19.6. The molecule has 0 amide bonds. The highest BCUT2D eigenvalue weighted by atomic mass is 16.7. The second-order valence-corrected chi connectivity index (χ2v) is 17.6. The van der Waals surface area contributed by atoms with Crippen molar-refractivity contribution in [2.45, 2.75) is 152 Å². The molecule has 5 heteroatoms. The second kappa shape index (κ2) is 18.1. The molecular weight excluding hydrogens is 608 g/mol. The number of fused-ring (bicyclic) bond motifs is 2. The Morgan fingerprint density at radius 2 is 1.18 bits per heavy atom. The lowest BCUT2D eigenvalue weighted by Crippen LogP contribution is -2.49. The first-order chi connectivity index (χ1) is 23.1. The lowest BCUT2D eigenvalue weighted by molar-refractivity contribution is -0.136. The van der Waals surface area contributed by atoms with Crippen molar-refractivity contribution < 1.29 is 24.2 Å². The Morgan fingerprint density at radius 3 is 1.57 bits per heavy atom. The highest BCUT2D eigenvalue weighted by Crippen LogP contribution is 2.63. The summed E-state index contributed by atoms with van der Waals surface area (Å²) in [5.41, 5.74) is 5.67. The molecule has 0 aliphatic heterocycles. The normalized spacial score (nSPS) is 32.9. The van der Waals surface area contributed by atoms with Crippen LogP contribution in [0.5, 0.6) is 0 Å². The number of rotatable bonds is 14. The molecule has 4 aliphatic rings. The number of hydrogen-bond acceptors (Lipinski definition) is 5. The molecule has 0 spiro atoms. The van der Waals surface area contributed by atoms with Gasteiger partial charge in [-0.25, -0.2) is 0 Å². The number of aliphatic hydroxyl groups excluding tert-OH is 1. The van der Waals surface area contributed by atoms with Crippen LogP contribution in [0.1, 0.15) is 145 Å². The van der Waals surface area contributed by atoms with E-state index in [1.54, 1.807) is 0 Å². The van der Waals surface area contributed by atoms with Crippen LogP contribution in [0.15, 0.2) is 47.6 Å². The summed E-state index contributed by atoms with van der Waals surface area (Å²) in [6, 6.07) is 0. The van der Waals surface area contributed by atoms with Crippen LogP contribution in [-0.2, 0) is 19.1 Å². The maximum absolute atomic E-state index is 11.7. The first-order valence-corrected chi connectivity index (χ1v) is 19.6. The Kier molecular flexibility index (Phi) is 15.4. The van der Waals surface area contributed by atoms with Crippen molar-refractivity contribution in [2.24, 2.45) is 45.3 Å². The van der Waals surface area contributed by atoms with Crippen LogP contribution >= 0.6 is 0 Å². The largest absolute Gasteiger partial charge is 0.396 e. The third-order valence-corrected chi connectivity index (χ3v) is 13.7. The van der Waals surface area contributed by atoms with Gasteiger partial charge in [0.05, 0.1) is 0 Å². The average molecular weight is 681 g/mol. The number of aldehydes is 2. The monoisotopic (exact) mass is 681 g/mol. The number of allylic oxidation sites excluding steroid dienone is 4. The smallest absolute Gasteiger partial charge is 0.161 e. The van der Waals surface area contributed by atoms with E-state index in [1.807, 2.05) is 19.9 Å². The molecule has 4 fully saturated rings. The fourth-order valence-electron chi connectivity index (χ4n) is 11.2. The number of ether oxygens (including phenoxy) is 2. The summed E-state index contributed by atoms with van der Waals surface area (Å²) >= 11 is 0. The zero-order valence-corrected chi connectivity index (χ0v) is 32.7. The average Bonchev–Trinajstić information content (AvgIpc) is 3.02. The standard InChI is InChI=1S/C24H40O3.C20H32O2/c1-7-26-22(27-8-2)16-19(17-25)11-12-20-18(3)10-13-21-23(4,5)14-9-15-24(20,21)6;1-15-6-9-18-19(2,3)11-5-12-20(18,4)17(15)8-7-16(14-22)10-13-21/h11,17,20-22H,3,7-10,12-16H2,1-2,4-6H3;7,14,17-18,21H,1,5-6,8-13H2,2-4H3/b19-11+;16-7+/t20-,21?,24+;17-,18?,20+/m00/s1. The SMILES string of the molecule is C=C1CCC2C(C)(C)CCC[C@]2(C)[C@H]1C/C=C(/C=O)CC(OCC)OCC.C=C1CCC2C(C)(C)CCC[C@]2(C)[C@H]1C/C=C(/C=O)CCO. The third kappa shape index (κ3) is 9.95. The van der Waals surface area contributed by atoms with Gasteiger partial charge in [0.1, 0.15) is 12.6 Å². The molecule has 5 nitrogen and oxygen atoms in total. The summed E-state index contributed by atoms with van der Waals surface area (Å²) in [5, 5.41) is 9.05. The molecule has 4 saturated carbocycles. The number of carbonyl (C=O) groups is 2. The number of aliphatic hydroxyl groups is 1. The summed E-state index contributed by atoms with van der Waals surface area (Å²) in [6.07, 6.45) is 21.1. The quantitative estimate of drug-likeness (QED) is 0.0855. The van der Waals surface area contributed by atoms with Crippen molar-refractivity contribution >= 4 is 12.6 Å². The molecule has 0 aromatic carbocycles. The van der Waals surface area contributed by atoms with Crippen LogP contribution in [0, 0.1) is 45.3 Å². The third-order valence-electron chi connectivity index (χ3n) is 13.7. The Balaban J connectivity index is 0.000000271. The molecule has 0 heterocycles. The van der Waals surface area contributed by atoms with Crippen LogP contribution in [0.25, 0.3) is 0 Å². The number of carbonyl (C=O) groups excluding carboxylic acids is 2. The molecule has 0 bridgehead atoms. The lowest BCUT2D eigenvalue weighted by atomic mass is 9.47. The van der Waals surface area contributed by atoms with Crippen LogP contribution in [0.3, 0.4) is 0 Å². The van der Waals surface area contributed by atoms with E-state index >= 15 is 0 Å². The maximum atomic E-state index is 11.7. The molecular formula is C44H72O5. The highest BCUT2D eigenvalue weighted by molar-refractivity contribution is 5.73. The number of hydrogen-bond donors (Lipinski definition) is 1. The molecule has 0 aromatic rings. The molecule has 0 aromatic heterocycles. The Bertz CT molecular complexity index is 1190. The molecule has 4 rings (SSSR count). The van der Waals surface area contributed by atoms with E-state index in [2.05, 4.69) is 60.8 Å². The molecule has 4 aliphatic carbocycles. The Hall–Kier alpha value is -1.82. The van der Waals surface area contributed by atoms with Gasteiger partial charge in [0.25, 0.3) is 0 Å². The molecule has 49 heavy (non-hydrogen) atoms. The summed E-state index contributed by atoms with van der Waals surface area (Å²) in [5.74, 6) is 2.42. The van der Waals surface area contributed by atoms with Gasteiger partial charge >= 0.3 is 0 Å². The van der Waals surface area contributed by atoms with E-state index < -0.39 is 0 Å². The van der Waals surface area contributed by atoms with E-state index in [4.69, 9.17) is 14.6 Å². The van der Waals surface area contributed by atoms with Gasteiger partial charge in [-0.3, -0.25) is 9.59 Å². The topological polar surface area (TPSA) is 72.8 Å². The summed E-state index contributed by atoms with van der Waals surface area (Å²) in [4.78, 5) is 22.8. The van der Waals surface area contributed by atoms with Gasteiger partial charge in [-0.05, 0) is 141 Å². The van der Waals surface area contributed by atoms with E-state index in [1.165, 1.54) is 62.5 Å². The van der Waals surface area contributed by atoms with Gasteiger partial charge in [-0.2, -0.15) is 0 Å². The van der Waals surface area contributed by atoms with E-state index in [-0.39, 0.29) is 12.9 Å². The van der Waals surface area contributed by atoms with Crippen molar-refractivity contribution in [1.29, 1.82) is 0 Å². The van der Waals surface area contributed by atoms with Crippen molar-refractivity contribution in [3.63, 3.8) is 0 Å². The van der Waals surface area contributed by atoms with Gasteiger partial charge < -0.3 is 14.6 Å². The van der Waals surface area contributed by atoms with Crippen molar-refractivity contribution in [3.05, 3.63) is 47.6 Å². The van der Waals surface area contributed by atoms with Crippen molar-refractivity contribution in [3.8, 4) is 0 Å². The minimum absolute atomic E-state index is 0.0448. The molecule has 278 valence electrons. The van der Waals surface area contributed by atoms with Gasteiger partial charge in [0.15, 0.2) is 6.29 Å². The second-order valence-electron chi connectivity index (χ2n) is 17.6. The van der Waals surface area contributed by atoms with Crippen LogP contribution in [-0.4, -0.2) is 43.8 Å². The molecule has 2 unspecified atom stereocenters. The fraction of sp³-hybridized carbons (Fsp3) is 0.773. The van der Waals surface area contributed by atoms with Gasteiger partial charge in [0, 0.05) is 26.2 Å². The predicted octanol–water partition coefficient (Wildman–Crippen LogP) is 10.8. The minimum atomic E-state index is -0.331. The highest BCUT2D eigenvalue weighted by Gasteiger charge is 2.53. The van der Waals surface area contributed by atoms with E-state index in [0.29, 0.717) is 59.6 Å². The summed E-state index contributed by atoms with van der Waals surface area (Å²) in [7, 11) is 0. The zero-order valence-electron chi connectivity index (χ0n) is 32.7. The van der Waals surface area contributed by atoms with E-state index in [9.17, 15) is 9.59 Å². The Morgan fingerprint density at radius 1 is 0.755 bits per heavy atom. The Labute approximate surface area is 300 Å². The first kappa shape index (κ1) is 41.6. The van der Waals surface area contributed by atoms with Gasteiger partial charge in [0.2, 0.25) is 0 Å². The molecule has 1 N–H and O–H groups in total. The van der Waals surface area contributed by atoms with E-state index in [0.717, 1.165) is 61.2 Å².